The van der Waals surface area contributed by atoms with Gasteiger partial charge in [-0.1, -0.05) is 53.4 Å². The van der Waals surface area contributed by atoms with Crippen LogP contribution in [0.5, 0.6) is 0 Å². The van der Waals surface area contributed by atoms with Gasteiger partial charge in [-0.3, -0.25) is 9.59 Å². The van der Waals surface area contributed by atoms with Crippen LogP contribution in [0.1, 0.15) is 86.9 Å². The van der Waals surface area contributed by atoms with Gasteiger partial charge in [0.15, 0.2) is 0 Å². The highest BCUT2D eigenvalue weighted by molar-refractivity contribution is 5.98. The molecule has 0 bridgehead atoms. The SMILES string of the molecule is CC1CCCC(NC(=O)c2ccc(C(=O)NC3CCCC(C)C3C)cc2)C1C. The second kappa shape index (κ2) is 9.11. The van der Waals surface area contributed by atoms with Crippen LogP contribution in [-0.4, -0.2) is 23.9 Å². The van der Waals surface area contributed by atoms with Crippen LogP contribution in [0.15, 0.2) is 24.3 Å². The standard InChI is InChI=1S/C24H36N2O2/c1-15-7-5-9-21(17(15)3)25-23(27)19-11-13-20(14-12-19)24(28)26-22-10-6-8-16(2)18(22)4/h11-18,21-22H,5-10H2,1-4H3,(H,25,27)(H,26,28). The highest BCUT2D eigenvalue weighted by atomic mass is 16.2. The van der Waals surface area contributed by atoms with Crippen molar-refractivity contribution < 1.29 is 9.59 Å². The Morgan fingerprint density at radius 3 is 1.39 bits per heavy atom. The van der Waals surface area contributed by atoms with E-state index in [0.717, 1.165) is 12.8 Å². The third-order valence-corrected chi connectivity index (χ3v) is 7.46. The molecule has 6 atom stereocenters. The lowest BCUT2D eigenvalue weighted by atomic mass is 9.78. The molecule has 2 amide bonds. The zero-order chi connectivity index (χ0) is 20.3. The number of benzene rings is 1. The summed E-state index contributed by atoms with van der Waals surface area (Å²) in [5.41, 5.74) is 1.25. The molecule has 4 nitrogen and oxygen atoms in total. The third kappa shape index (κ3) is 4.76. The van der Waals surface area contributed by atoms with E-state index in [1.807, 2.05) is 0 Å². The van der Waals surface area contributed by atoms with Gasteiger partial charge in [0.1, 0.15) is 0 Å². The number of hydrogen-bond acceptors (Lipinski definition) is 2. The molecule has 1 aromatic rings. The molecule has 0 heterocycles. The van der Waals surface area contributed by atoms with E-state index in [9.17, 15) is 9.59 Å². The van der Waals surface area contributed by atoms with Gasteiger partial charge in [-0.25, -0.2) is 0 Å². The zero-order valence-electron chi connectivity index (χ0n) is 17.8. The fourth-order valence-corrected chi connectivity index (χ4v) is 4.85. The Morgan fingerprint density at radius 2 is 1.04 bits per heavy atom. The van der Waals surface area contributed by atoms with Crippen molar-refractivity contribution in [3.8, 4) is 0 Å². The van der Waals surface area contributed by atoms with Crippen molar-refractivity contribution in [2.45, 2.75) is 78.3 Å². The van der Waals surface area contributed by atoms with Crippen molar-refractivity contribution in [1.82, 2.24) is 10.6 Å². The number of hydrogen-bond donors (Lipinski definition) is 2. The molecule has 0 aliphatic heterocycles. The van der Waals surface area contributed by atoms with Crippen LogP contribution in [-0.2, 0) is 0 Å². The molecule has 6 unspecified atom stereocenters. The Hall–Kier alpha value is -1.84. The lowest BCUT2D eigenvalue weighted by Crippen LogP contribution is -2.44. The van der Waals surface area contributed by atoms with Gasteiger partial charge in [-0.15, -0.1) is 0 Å². The molecule has 2 N–H and O–H groups in total. The number of nitrogens with one attached hydrogen (secondary N) is 2. The van der Waals surface area contributed by atoms with Crippen LogP contribution in [0.4, 0.5) is 0 Å². The predicted octanol–water partition coefficient (Wildman–Crippen LogP) is 4.80. The molecule has 0 spiro atoms. The van der Waals surface area contributed by atoms with Gasteiger partial charge in [-0.2, -0.15) is 0 Å². The van der Waals surface area contributed by atoms with E-state index in [0.29, 0.717) is 34.8 Å². The Bertz CT molecular complexity index is 625. The first-order chi connectivity index (χ1) is 13.4. The second-order valence-corrected chi connectivity index (χ2v) is 9.27. The Kier molecular flexibility index (Phi) is 6.79. The molecule has 2 aliphatic carbocycles. The monoisotopic (exact) mass is 384 g/mol. The lowest BCUT2D eigenvalue weighted by Gasteiger charge is -2.34. The first-order valence-electron chi connectivity index (χ1n) is 11.1. The fourth-order valence-electron chi connectivity index (χ4n) is 4.85. The molecule has 2 aliphatic rings. The summed E-state index contributed by atoms with van der Waals surface area (Å²) in [7, 11) is 0. The Balaban J connectivity index is 1.58. The second-order valence-electron chi connectivity index (χ2n) is 9.27. The van der Waals surface area contributed by atoms with E-state index in [4.69, 9.17) is 0 Å². The van der Waals surface area contributed by atoms with Crippen LogP contribution in [0.2, 0.25) is 0 Å². The van der Waals surface area contributed by atoms with Gasteiger partial charge >= 0.3 is 0 Å². The maximum Gasteiger partial charge on any atom is 0.251 e. The van der Waals surface area contributed by atoms with Gasteiger partial charge in [0.25, 0.3) is 11.8 Å². The molecular weight excluding hydrogens is 348 g/mol. The molecule has 2 fully saturated rings. The maximum absolute atomic E-state index is 12.6. The zero-order valence-corrected chi connectivity index (χ0v) is 17.8. The summed E-state index contributed by atoms with van der Waals surface area (Å²) in [5, 5.41) is 6.40. The van der Waals surface area contributed by atoms with Crippen molar-refractivity contribution in [3.63, 3.8) is 0 Å². The van der Waals surface area contributed by atoms with Crippen molar-refractivity contribution in [2.24, 2.45) is 23.7 Å². The summed E-state index contributed by atoms with van der Waals surface area (Å²) in [6.07, 6.45) is 6.94. The topological polar surface area (TPSA) is 58.2 Å². The normalized spacial score (nSPS) is 33.1. The average molecular weight is 385 g/mol. The van der Waals surface area contributed by atoms with Gasteiger partial charge in [0.2, 0.25) is 0 Å². The summed E-state index contributed by atoms with van der Waals surface area (Å²) in [4.78, 5) is 25.3. The molecule has 3 rings (SSSR count). The van der Waals surface area contributed by atoms with Gasteiger partial charge < -0.3 is 10.6 Å². The molecule has 0 radical (unpaired) electrons. The van der Waals surface area contributed by atoms with Gasteiger partial charge in [0, 0.05) is 23.2 Å². The Labute approximate surface area is 169 Å². The van der Waals surface area contributed by atoms with E-state index < -0.39 is 0 Å². The van der Waals surface area contributed by atoms with Crippen LogP contribution in [0.3, 0.4) is 0 Å². The highest BCUT2D eigenvalue weighted by Crippen LogP contribution is 2.30. The molecule has 2 saturated carbocycles. The van der Waals surface area contributed by atoms with Gasteiger partial charge in [-0.05, 0) is 60.8 Å². The predicted molar refractivity (Wildman–Crippen MR) is 113 cm³/mol. The summed E-state index contributed by atoms with van der Waals surface area (Å²) >= 11 is 0. The van der Waals surface area contributed by atoms with E-state index in [1.54, 1.807) is 24.3 Å². The molecule has 1 aromatic carbocycles. The molecule has 0 aromatic heterocycles. The van der Waals surface area contributed by atoms with Crippen LogP contribution < -0.4 is 10.6 Å². The fraction of sp³-hybridized carbons (Fsp3) is 0.667. The van der Waals surface area contributed by atoms with Crippen LogP contribution in [0, 0.1) is 23.7 Å². The van der Waals surface area contributed by atoms with Crippen LogP contribution >= 0.6 is 0 Å². The van der Waals surface area contributed by atoms with Crippen molar-refractivity contribution >= 4 is 11.8 Å². The first-order valence-corrected chi connectivity index (χ1v) is 11.1. The minimum atomic E-state index is -0.0346. The quantitative estimate of drug-likeness (QED) is 0.784. The van der Waals surface area contributed by atoms with E-state index >= 15 is 0 Å². The van der Waals surface area contributed by atoms with Crippen molar-refractivity contribution in [1.29, 1.82) is 0 Å². The van der Waals surface area contributed by atoms with Crippen LogP contribution in [0.25, 0.3) is 0 Å². The lowest BCUT2D eigenvalue weighted by molar-refractivity contribution is 0.0879. The minimum absolute atomic E-state index is 0.0346. The molecule has 4 heteroatoms. The summed E-state index contributed by atoms with van der Waals surface area (Å²) < 4.78 is 0. The molecule has 28 heavy (non-hydrogen) atoms. The summed E-state index contributed by atoms with van der Waals surface area (Å²) in [5.74, 6) is 2.23. The third-order valence-electron chi connectivity index (χ3n) is 7.46. The van der Waals surface area contributed by atoms with E-state index in [2.05, 4.69) is 38.3 Å². The average Bonchev–Trinajstić information content (AvgIpc) is 2.69. The molecule has 154 valence electrons. The molecule has 0 saturated heterocycles. The van der Waals surface area contributed by atoms with E-state index in [-0.39, 0.29) is 23.9 Å². The number of amides is 2. The summed E-state index contributed by atoms with van der Waals surface area (Å²) in [6.45, 7) is 9.00. The Morgan fingerprint density at radius 1 is 0.679 bits per heavy atom. The number of rotatable bonds is 4. The minimum Gasteiger partial charge on any atom is -0.349 e. The number of carbonyl (C=O) groups is 2. The maximum atomic E-state index is 12.6. The highest BCUT2D eigenvalue weighted by Gasteiger charge is 2.29. The van der Waals surface area contributed by atoms with Crippen molar-refractivity contribution in [2.75, 3.05) is 0 Å². The number of carbonyl (C=O) groups excluding carboxylic acids is 2. The van der Waals surface area contributed by atoms with Crippen molar-refractivity contribution in [3.05, 3.63) is 35.4 Å². The van der Waals surface area contributed by atoms with Gasteiger partial charge in [0.05, 0.1) is 0 Å². The van der Waals surface area contributed by atoms with E-state index in [1.165, 1.54) is 25.7 Å². The molecular formula is C24H36N2O2. The summed E-state index contributed by atoms with van der Waals surface area (Å²) in [6, 6.07) is 7.58. The largest absolute Gasteiger partial charge is 0.349 e. The first kappa shape index (κ1) is 20.9. The smallest absolute Gasteiger partial charge is 0.251 e.